The molecule has 1 fully saturated rings. The molecule has 8 heteroatoms. The third-order valence-corrected chi connectivity index (χ3v) is 146. The van der Waals surface area contributed by atoms with Crippen LogP contribution in [-0.2, 0) is 0 Å². The van der Waals surface area contributed by atoms with Crippen LogP contribution in [0.2, 0.25) is 52.4 Å². The Balaban J connectivity index is 1.98. The Bertz CT molecular complexity index is 926. The predicted molar refractivity (Wildman–Crippen MR) is 179 cm³/mol. The minimum atomic E-state index is -1.27. The first-order valence-electron chi connectivity index (χ1n) is 12.4. The number of hydrogen-bond acceptors (Lipinski definition) is 2. The molecule has 0 nitrogen and oxygen atoms in total. The summed E-state index contributed by atoms with van der Waals surface area (Å²) < 4.78 is 0. The Morgan fingerprint density at radius 1 is 0.500 bits per heavy atom. The van der Waals surface area contributed by atoms with Gasteiger partial charge in [0.1, 0.15) is 0 Å². The first kappa shape index (κ1) is 28.5. The van der Waals surface area contributed by atoms with Gasteiger partial charge in [-0.05, 0) is 47.9 Å². The van der Waals surface area contributed by atoms with Crippen LogP contribution in [0.25, 0.3) is 12.2 Å². The van der Waals surface area contributed by atoms with Gasteiger partial charge in [0.05, 0.1) is 0 Å². The lowest BCUT2D eigenvalue weighted by Crippen LogP contribution is -2.92. The SMILES string of the molecule is CSc1ccc(/C=C/[SiH]2[Si](C)(C)[Si](C)(C)[SiH](/C=C/c3ccc(SC)cc3)[Si](C)(C)[Si]2(C)C)cc1. The molecule has 1 aliphatic rings. The second-order valence-electron chi connectivity index (χ2n) is 12.1. The zero-order valence-corrected chi connectivity index (χ0v) is 30.8. The summed E-state index contributed by atoms with van der Waals surface area (Å²) in [5.74, 6) is 0. The summed E-state index contributed by atoms with van der Waals surface area (Å²) >= 11 is 3.67. The highest BCUT2D eigenvalue weighted by atomic mass is 32.2. The van der Waals surface area contributed by atoms with Crippen LogP contribution in [-0.4, -0.2) is 56.6 Å². The Morgan fingerprint density at radius 2 is 0.765 bits per heavy atom. The Labute approximate surface area is 224 Å². The highest BCUT2D eigenvalue weighted by Gasteiger charge is 2.67. The van der Waals surface area contributed by atoms with Gasteiger partial charge in [0.15, 0.2) is 0 Å². The molecule has 3 rings (SSSR count). The Kier molecular flexibility index (Phi) is 8.99. The van der Waals surface area contributed by atoms with E-state index in [1.165, 1.54) is 20.9 Å². The summed E-state index contributed by atoms with van der Waals surface area (Å²) in [4.78, 5) is 2.73. The van der Waals surface area contributed by atoms with Crippen LogP contribution in [0.5, 0.6) is 0 Å². The molecule has 0 N–H and O–H groups in total. The van der Waals surface area contributed by atoms with E-state index in [4.69, 9.17) is 0 Å². The van der Waals surface area contributed by atoms with Gasteiger partial charge in [0.25, 0.3) is 0 Å². The first-order valence-corrected chi connectivity index (χ1v) is 37.5. The van der Waals surface area contributed by atoms with Crippen molar-refractivity contribution >= 4 is 79.8 Å². The molecule has 1 saturated heterocycles. The molecule has 0 spiro atoms. The smallest absolute Gasteiger partial charge is 0.0452 e. The average molecular weight is 589 g/mol. The van der Waals surface area contributed by atoms with E-state index in [-0.39, 0.29) is 0 Å². The third-order valence-electron chi connectivity index (χ3n) is 9.63. The van der Waals surface area contributed by atoms with E-state index in [1.54, 1.807) is 0 Å². The normalized spacial score (nSPS) is 25.1. The van der Waals surface area contributed by atoms with Crippen LogP contribution >= 0.6 is 23.5 Å². The van der Waals surface area contributed by atoms with Crippen molar-refractivity contribution in [2.45, 2.75) is 62.2 Å². The fourth-order valence-electron chi connectivity index (χ4n) is 6.21. The lowest BCUT2D eigenvalue weighted by Gasteiger charge is -2.64. The van der Waals surface area contributed by atoms with Gasteiger partial charge in [0.2, 0.25) is 0 Å². The van der Waals surface area contributed by atoms with Crippen LogP contribution in [0.15, 0.2) is 69.7 Å². The molecule has 0 bridgehead atoms. The van der Waals surface area contributed by atoms with Gasteiger partial charge < -0.3 is 0 Å². The van der Waals surface area contributed by atoms with Gasteiger partial charge in [-0.3, -0.25) is 0 Å². The monoisotopic (exact) mass is 588 g/mol. The van der Waals surface area contributed by atoms with E-state index in [2.05, 4.69) is 137 Å². The molecular formula is C26H44S2Si6. The van der Waals surface area contributed by atoms with Gasteiger partial charge in [-0.25, -0.2) is 0 Å². The van der Waals surface area contributed by atoms with Crippen LogP contribution < -0.4 is 0 Å². The van der Waals surface area contributed by atoms with Crippen molar-refractivity contribution in [3.63, 3.8) is 0 Å². The summed E-state index contributed by atoms with van der Waals surface area (Å²) in [5, 5.41) is 0. The van der Waals surface area contributed by atoms with Crippen molar-refractivity contribution in [1.29, 1.82) is 0 Å². The lowest BCUT2D eigenvalue weighted by atomic mass is 10.2. The van der Waals surface area contributed by atoms with Crippen molar-refractivity contribution in [3.05, 3.63) is 71.1 Å². The molecule has 0 aliphatic carbocycles. The molecule has 1 aliphatic heterocycles. The molecule has 2 aromatic carbocycles. The zero-order valence-electron chi connectivity index (χ0n) is 22.9. The Morgan fingerprint density at radius 3 is 1.00 bits per heavy atom. The maximum absolute atomic E-state index is 2.87. The van der Waals surface area contributed by atoms with Gasteiger partial charge in [0, 0.05) is 53.9 Å². The molecule has 34 heavy (non-hydrogen) atoms. The second kappa shape index (κ2) is 10.7. The highest BCUT2D eigenvalue weighted by Crippen LogP contribution is 2.43. The van der Waals surface area contributed by atoms with Crippen molar-refractivity contribution in [1.82, 2.24) is 0 Å². The van der Waals surface area contributed by atoms with E-state index in [1.807, 2.05) is 23.5 Å². The molecule has 0 amide bonds. The van der Waals surface area contributed by atoms with Gasteiger partial charge >= 0.3 is 0 Å². The molecule has 0 unspecified atom stereocenters. The van der Waals surface area contributed by atoms with E-state index in [0.717, 1.165) is 0 Å². The standard InChI is InChI=1S/C26H44S2Si6/c1-27-25-15-11-23(12-16-25)19-21-29-31(3,4)33(7,8)30(34(9,10)32(29,5)6)22-20-24-13-17-26(28-2)18-14-24/h11-22,29-30H,1-10H3/b21-19+,22-20+. The highest BCUT2D eigenvalue weighted by molar-refractivity contribution is 8.09. The molecule has 0 aromatic heterocycles. The Hall–Kier alpha value is -0.0787. The summed E-state index contributed by atoms with van der Waals surface area (Å²) in [6.45, 7) is 22.8. The first-order chi connectivity index (χ1) is 15.8. The van der Waals surface area contributed by atoms with Gasteiger partial charge in [-0.2, -0.15) is 0 Å². The van der Waals surface area contributed by atoms with Crippen LogP contribution in [0, 0.1) is 0 Å². The zero-order chi connectivity index (χ0) is 25.4. The van der Waals surface area contributed by atoms with Gasteiger partial charge in [-0.15, -0.1) is 34.9 Å². The quantitative estimate of drug-likeness (QED) is 0.250. The van der Waals surface area contributed by atoms with E-state index < -0.39 is 44.1 Å². The summed E-state index contributed by atoms with van der Waals surface area (Å²) in [6.07, 6.45) is 9.42. The molecule has 184 valence electrons. The second-order valence-corrected chi connectivity index (χ2v) is 81.0. The minimum absolute atomic E-state index is 0.919. The van der Waals surface area contributed by atoms with Crippen LogP contribution in [0.3, 0.4) is 0 Å². The lowest BCUT2D eigenvalue weighted by molar-refractivity contribution is 1.45. The van der Waals surface area contributed by atoms with E-state index >= 15 is 0 Å². The molecule has 0 atom stereocenters. The summed E-state index contributed by atoms with van der Waals surface area (Å²) in [5.41, 5.74) is 8.55. The molecule has 0 radical (unpaired) electrons. The van der Waals surface area contributed by atoms with Crippen LogP contribution in [0.4, 0.5) is 0 Å². The molecule has 0 saturated carbocycles. The molecular weight excluding hydrogens is 545 g/mol. The average Bonchev–Trinajstić information content (AvgIpc) is 2.78. The number of hydrogen-bond donors (Lipinski definition) is 0. The van der Waals surface area contributed by atoms with Gasteiger partial charge in [-0.1, -0.05) is 88.8 Å². The largest absolute Gasteiger partial charge is 0.130 e. The minimum Gasteiger partial charge on any atom is -0.130 e. The summed E-state index contributed by atoms with van der Waals surface area (Å²) in [6, 6.07) is 18.5. The topological polar surface area (TPSA) is 0 Å². The van der Waals surface area contributed by atoms with Crippen molar-refractivity contribution < 1.29 is 0 Å². The van der Waals surface area contributed by atoms with Crippen molar-refractivity contribution in [2.75, 3.05) is 12.5 Å². The van der Waals surface area contributed by atoms with E-state index in [9.17, 15) is 0 Å². The maximum Gasteiger partial charge on any atom is 0.0452 e. The number of benzene rings is 2. The fourth-order valence-corrected chi connectivity index (χ4v) is 233. The van der Waals surface area contributed by atoms with E-state index in [0.29, 0.717) is 0 Å². The predicted octanol–water partition coefficient (Wildman–Crippen LogP) is 7.71. The van der Waals surface area contributed by atoms with Crippen molar-refractivity contribution in [2.24, 2.45) is 0 Å². The molecule has 1 heterocycles. The maximum atomic E-state index is 2.87. The summed E-state index contributed by atoms with van der Waals surface area (Å²) in [7, 11) is -6.91. The molecule has 2 aromatic rings. The fraction of sp³-hybridized carbons (Fsp3) is 0.385. The number of thioether (sulfide) groups is 2. The van der Waals surface area contributed by atoms with Crippen molar-refractivity contribution in [3.8, 4) is 0 Å². The third kappa shape index (κ3) is 5.30. The number of rotatable bonds is 6. The van der Waals surface area contributed by atoms with Crippen LogP contribution in [0.1, 0.15) is 11.1 Å².